The van der Waals surface area contributed by atoms with E-state index in [1.807, 2.05) is 0 Å². The number of carboxylic acids is 1. The van der Waals surface area contributed by atoms with Crippen molar-refractivity contribution in [1.82, 2.24) is 10.2 Å². The van der Waals surface area contributed by atoms with Gasteiger partial charge in [0.05, 0.1) is 12.0 Å². The van der Waals surface area contributed by atoms with Crippen molar-refractivity contribution in [3.8, 4) is 0 Å². The number of aliphatic carboxylic acids is 1. The summed E-state index contributed by atoms with van der Waals surface area (Å²) in [4.78, 5) is 24.9. The molecule has 4 atom stereocenters. The second-order valence-corrected chi connectivity index (χ2v) is 5.98. The molecule has 2 N–H and O–H groups in total. The minimum Gasteiger partial charge on any atom is -0.481 e. The van der Waals surface area contributed by atoms with Gasteiger partial charge in [-0.25, -0.2) is 4.79 Å². The fourth-order valence-corrected chi connectivity index (χ4v) is 3.13. The van der Waals surface area contributed by atoms with E-state index >= 15 is 0 Å². The summed E-state index contributed by atoms with van der Waals surface area (Å²) in [5.41, 5.74) is 0. The highest BCUT2D eigenvalue weighted by molar-refractivity contribution is 5.75. The molecule has 0 spiro atoms. The van der Waals surface area contributed by atoms with Crippen molar-refractivity contribution in [2.24, 2.45) is 11.8 Å². The smallest absolute Gasteiger partial charge is 0.317 e. The fraction of sp³-hybridized carbons (Fsp3) is 0.857. The quantitative estimate of drug-likeness (QED) is 0.819. The van der Waals surface area contributed by atoms with Crippen LogP contribution in [0.25, 0.3) is 0 Å². The second kappa shape index (κ2) is 6.43. The molecule has 114 valence electrons. The van der Waals surface area contributed by atoms with Crippen LogP contribution in [0.15, 0.2) is 0 Å². The summed E-state index contributed by atoms with van der Waals surface area (Å²) in [7, 11) is 1.68. The van der Waals surface area contributed by atoms with Crippen molar-refractivity contribution in [2.75, 3.05) is 20.2 Å². The van der Waals surface area contributed by atoms with Gasteiger partial charge in [-0.3, -0.25) is 4.79 Å². The molecule has 20 heavy (non-hydrogen) atoms. The van der Waals surface area contributed by atoms with Gasteiger partial charge in [0.1, 0.15) is 0 Å². The predicted octanol–water partition coefficient (Wildman–Crippen LogP) is 1.31. The number of amides is 2. The van der Waals surface area contributed by atoms with Crippen LogP contribution in [-0.2, 0) is 9.53 Å². The molecule has 6 nitrogen and oxygen atoms in total. The van der Waals surface area contributed by atoms with Gasteiger partial charge < -0.3 is 20.1 Å². The number of carbonyl (C=O) groups is 2. The Balaban J connectivity index is 1.82. The molecule has 1 heterocycles. The van der Waals surface area contributed by atoms with Crippen molar-refractivity contribution in [3.05, 3.63) is 0 Å². The first-order valence-electron chi connectivity index (χ1n) is 7.32. The highest BCUT2D eigenvalue weighted by Crippen LogP contribution is 2.26. The van der Waals surface area contributed by atoms with Crippen molar-refractivity contribution in [3.63, 3.8) is 0 Å². The minimum atomic E-state index is -0.756. The van der Waals surface area contributed by atoms with Gasteiger partial charge in [0.2, 0.25) is 0 Å². The van der Waals surface area contributed by atoms with Crippen LogP contribution in [0.2, 0.25) is 0 Å². The number of ether oxygens (including phenoxy) is 1. The van der Waals surface area contributed by atoms with Gasteiger partial charge in [0.15, 0.2) is 0 Å². The number of carboxylic acid groups (broad SMARTS) is 1. The van der Waals surface area contributed by atoms with E-state index in [-0.39, 0.29) is 24.1 Å². The van der Waals surface area contributed by atoms with E-state index in [2.05, 4.69) is 12.2 Å². The average Bonchev–Trinajstić information content (AvgIpc) is 2.88. The maximum absolute atomic E-state index is 12.2. The molecule has 1 aliphatic heterocycles. The number of urea groups is 1. The molecule has 6 heteroatoms. The zero-order valence-corrected chi connectivity index (χ0v) is 12.2. The summed E-state index contributed by atoms with van der Waals surface area (Å²) in [6.45, 7) is 3.48. The Hall–Kier alpha value is -1.30. The zero-order valence-electron chi connectivity index (χ0n) is 12.2. The van der Waals surface area contributed by atoms with E-state index < -0.39 is 5.97 Å². The van der Waals surface area contributed by atoms with E-state index in [0.29, 0.717) is 25.3 Å². The molecule has 2 amide bonds. The lowest BCUT2D eigenvalue weighted by Crippen LogP contribution is -2.52. The first kappa shape index (κ1) is 15.1. The second-order valence-electron chi connectivity index (χ2n) is 5.98. The number of hydrogen-bond donors (Lipinski definition) is 2. The van der Waals surface area contributed by atoms with Crippen LogP contribution < -0.4 is 5.32 Å². The number of hydrogen-bond acceptors (Lipinski definition) is 3. The van der Waals surface area contributed by atoms with Crippen molar-refractivity contribution < 1.29 is 19.4 Å². The van der Waals surface area contributed by atoms with Crippen LogP contribution in [-0.4, -0.2) is 54.4 Å². The van der Waals surface area contributed by atoms with Gasteiger partial charge in [-0.15, -0.1) is 0 Å². The lowest BCUT2D eigenvalue weighted by molar-refractivity contribution is -0.141. The third kappa shape index (κ3) is 3.42. The van der Waals surface area contributed by atoms with E-state index in [0.717, 1.165) is 19.4 Å². The van der Waals surface area contributed by atoms with Crippen molar-refractivity contribution in [1.29, 1.82) is 0 Å². The van der Waals surface area contributed by atoms with E-state index in [1.165, 1.54) is 0 Å². The van der Waals surface area contributed by atoms with Gasteiger partial charge in [0.25, 0.3) is 0 Å². The first-order chi connectivity index (χ1) is 9.51. The van der Waals surface area contributed by atoms with Crippen LogP contribution in [0, 0.1) is 11.8 Å². The topological polar surface area (TPSA) is 78.9 Å². The Bertz CT molecular complexity index is 374. The minimum absolute atomic E-state index is 0.0102. The third-order valence-electron chi connectivity index (χ3n) is 4.59. The molecule has 0 radical (unpaired) electrons. The summed E-state index contributed by atoms with van der Waals surface area (Å²) < 4.78 is 5.40. The Kier molecular flexibility index (Phi) is 4.86. The summed E-state index contributed by atoms with van der Waals surface area (Å²) >= 11 is 0. The van der Waals surface area contributed by atoms with Crippen LogP contribution in [0.5, 0.6) is 0 Å². The molecular weight excluding hydrogens is 260 g/mol. The maximum Gasteiger partial charge on any atom is 0.317 e. The number of nitrogens with zero attached hydrogens (tertiary/aromatic N) is 1. The Morgan fingerprint density at radius 1 is 1.30 bits per heavy atom. The molecule has 2 unspecified atom stereocenters. The van der Waals surface area contributed by atoms with Gasteiger partial charge in [-0.2, -0.15) is 0 Å². The SMILES string of the molecule is COC1CN(C(=O)N[C@H]2CC[C@@H](C(=O)O)C2)CCC1C. The largest absolute Gasteiger partial charge is 0.481 e. The fourth-order valence-electron chi connectivity index (χ4n) is 3.13. The number of methoxy groups -OCH3 is 1. The molecule has 1 saturated carbocycles. The highest BCUT2D eigenvalue weighted by atomic mass is 16.5. The van der Waals surface area contributed by atoms with Crippen LogP contribution in [0.4, 0.5) is 4.79 Å². The summed E-state index contributed by atoms with van der Waals surface area (Å²) in [5.74, 6) is -0.603. The molecule has 0 bridgehead atoms. The van der Waals surface area contributed by atoms with Gasteiger partial charge in [-0.1, -0.05) is 6.92 Å². The molecule has 1 saturated heterocycles. The number of rotatable bonds is 3. The molecule has 2 aliphatic rings. The summed E-state index contributed by atoms with van der Waals surface area (Å²) in [6.07, 6.45) is 2.97. The molecule has 0 aromatic rings. The van der Waals surface area contributed by atoms with Gasteiger partial charge in [-0.05, 0) is 31.6 Å². The normalized spacial score (nSPS) is 34.0. The number of carbonyl (C=O) groups excluding carboxylic acids is 1. The first-order valence-corrected chi connectivity index (χ1v) is 7.32. The predicted molar refractivity (Wildman–Crippen MR) is 73.4 cm³/mol. The molecule has 0 aromatic carbocycles. The zero-order chi connectivity index (χ0) is 14.7. The van der Waals surface area contributed by atoms with Crippen LogP contribution in [0.3, 0.4) is 0 Å². The Labute approximate surface area is 119 Å². The van der Waals surface area contributed by atoms with Crippen molar-refractivity contribution >= 4 is 12.0 Å². The summed E-state index contributed by atoms with van der Waals surface area (Å²) in [5, 5.41) is 11.9. The summed E-state index contributed by atoms with van der Waals surface area (Å²) in [6, 6.07) is -0.0982. The molecule has 2 fully saturated rings. The highest BCUT2D eigenvalue weighted by Gasteiger charge is 2.33. The van der Waals surface area contributed by atoms with E-state index in [1.54, 1.807) is 12.0 Å². The average molecular weight is 284 g/mol. The monoisotopic (exact) mass is 284 g/mol. The molecule has 1 aliphatic carbocycles. The van der Waals surface area contributed by atoms with Gasteiger partial charge in [0, 0.05) is 26.2 Å². The Morgan fingerprint density at radius 2 is 2.05 bits per heavy atom. The maximum atomic E-state index is 12.2. The molecular formula is C14H24N2O4. The van der Waals surface area contributed by atoms with Crippen molar-refractivity contribution in [2.45, 2.75) is 44.8 Å². The van der Waals surface area contributed by atoms with Crippen LogP contribution >= 0.6 is 0 Å². The van der Waals surface area contributed by atoms with Crippen LogP contribution in [0.1, 0.15) is 32.6 Å². The number of piperidine rings is 1. The van der Waals surface area contributed by atoms with E-state index in [4.69, 9.17) is 9.84 Å². The number of likely N-dealkylation sites (tertiary alicyclic amines) is 1. The standard InChI is InChI=1S/C14H24N2O4/c1-9-5-6-16(8-12(9)20-2)14(19)15-11-4-3-10(7-11)13(17)18/h9-12H,3-8H2,1-2H3,(H,15,19)(H,17,18)/t9?,10-,11+,12?/m1/s1. The third-order valence-corrected chi connectivity index (χ3v) is 4.59. The molecule has 2 rings (SSSR count). The lowest BCUT2D eigenvalue weighted by Gasteiger charge is -2.36. The number of nitrogens with one attached hydrogen (secondary N) is 1. The van der Waals surface area contributed by atoms with Gasteiger partial charge >= 0.3 is 12.0 Å². The lowest BCUT2D eigenvalue weighted by atomic mass is 9.96. The van der Waals surface area contributed by atoms with E-state index in [9.17, 15) is 9.59 Å². The Morgan fingerprint density at radius 3 is 2.65 bits per heavy atom. The molecule has 0 aromatic heterocycles.